The number of hydrogen-bond acceptors (Lipinski definition) is 3. The number of carbonyl (C=O) groups is 3. The van der Waals surface area contributed by atoms with Gasteiger partial charge in [-0.15, -0.1) is 0 Å². The van der Waals surface area contributed by atoms with Crippen LogP contribution < -0.4 is 5.32 Å². The van der Waals surface area contributed by atoms with Gasteiger partial charge in [0.1, 0.15) is 12.1 Å². The van der Waals surface area contributed by atoms with Gasteiger partial charge >= 0.3 is 6.03 Å². The topological polar surface area (TPSA) is 69.7 Å². The molecule has 1 spiro atoms. The smallest absolute Gasteiger partial charge is 0.325 e. The van der Waals surface area contributed by atoms with Crippen LogP contribution in [0.3, 0.4) is 0 Å². The molecule has 2 atom stereocenters. The predicted molar refractivity (Wildman–Crippen MR) is 125 cm³/mol. The number of nitrogens with zero attached hydrogens (tertiary/aromatic N) is 2. The molecule has 1 heterocycles. The quantitative estimate of drug-likeness (QED) is 0.686. The van der Waals surface area contributed by atoms with E-state index in [1.807, 2.05) is 60.4 Å². The Morgan fingerprint density at radius 2 is 1.88 bits per heavy atom. The van der Waals surface area contributed by atoms with Gasteiger partial charge in [-0.1, -0.05) is 55.0 Å². The highest BCUT2D eigenvalue weighted by atomic mass is 16.2. The first kappa shape index (κ1) is 21.7. The Morgan fingerprint density at radius 3 is 2.61 bits per heavy atom. The van der Waals surface area contributed by atoms with Crippen molar-refractivity contribution >= 4 is 17.8 Å². The Hall–Kier alpha value is -3.15. The molecule has 172 valence electrons. The molecule has 3 aliphatic rings. The van der Waals surface area contributed by atoms with Crippen molar-refractivity contribution in [3.63, 3.8) is 0 Å². The van der Waals surface area contributed by atoms with Gasteiger partial charge in [0.2, 0.25) is 5.91 Å². The predicted octanol–water partition coefficient (Wildman–Crippen LogP) is 3.91. The molecule has 6 nitrogen and oxygen atoms in total. The molecule has 1 saturated carbocycles. The number of urea groups is 1. The van der Waals surface area contributed by atoms with Crippen molar-refractivity contribution in [2.24, 2.45) is 5.92 Å². The Kier molecular flexibility index (Phi) is 5.47. The number of rotatable bonds is 6. The fraction of sp³-hybridized carbons (Fsp3) is 0.444. The summed E-state index contributed by atoms with van der Waals surface area (Å²) < 4.78 is 0. The molecule has 33 heavy (non-hydrogen) atoms. The van der Waals surface area contributed by atoms with E-state index in [0.29, 0.717) is 18.9 Å². The molecule has 1 saturated heterocycles. The van der Waals surface area contributed by atoms with Crippen molar-refractivity contribution in [1.29, 1.82) is 0 Å². The van der Waals surface area contributed by atoms with E-state index in [4.69, 9.17) is 0 Å². The van der Waals surface area contributed by atoms with Gasteiger partial charge < -0.3 is 10.2 Å². The van der Waals surface area contributed by atoms with Crippen molar-refractivity contribution in [2.75, 3.05) is 6.54 Å². The molecule has 2 aromatic rings. The van der Waals surface area contributed by atoms with Crippen LogP contribution in [-0.4, -0.2) is 40.2 Å². The minimum atomic E-state index is -1.03. The highest BCUT2D eigenvalue weighted by molar-refractivity contribution is 6.09. The number of imide groups is 1. The summed E-state index contributed by atoms with van der Waals surface area (Å²) in [4.78, 5) is 43.0. The first-order valence-corrected chi connectivity index (χ1v) is 12.0. The Labute approximate surface area is 194 Å². The minimum absolute atomic E-state index is 0.0628. The number of nitrogens with one attached hydrogen (secondary N) is 1. The molecule has 0 aromatic heterocycles. The van der Waals surface area contributed by atoms with E-state index < -0.39 is 11.6 Å². The van der Waals surface area contributed by atoms with Crippen LogP contribution in [-0.2, 0) is 28.1 Å². The maximum absolute atomic E-state index is 13.6. The van der Waals surface area contributed by atoms with Gasteiger partial charge in [0.05, 0.1) is 0 Å². The highest BCUT2D eigenvalue weighted by Crippen LogP contribution is 2.41. The lowest BCUT2D eigenvalue weighted by Gasteiger charge is -2.40. The second-order valence-corrected chi connectivity index (χ2v) is 9.76. The van der Waals surface area contributed by atoms with Crippen LogP contribution in [0.1, 0.15) is 54.9 Å². The van der Waals surface area contributed by atoms with Gasteiger partial charge in [-0.3, -0.25) is 14.5 Å². The largest absolute Gasteiger partial charge is 0.334 e. The standard InChI is InChI=1S/C27H31N3O3/c1-18-8-3-4-10-22(18)16-29(19(2)20-11-7-12-20)24(31)17-30-25(32)27(28-26(30)33)15-14-21-9-5-6-13-23(21)27/h3-6,8-10,13,19-20H,7,11-12,14-17H2,1-2H3,(H,28,33)/t19-,27-/m0/s1. The summed E-state index contributed by atoms with van der Waals surface area (Å²) in [5, 5.41) is 2.93. The monoisotopic (exact) mass is 445 g/mol. The first-order chi connectivity index (χ1) is 15.9. The summed E-state index contributed by atoms with van der Waals surface area (Å²) in [5.41, 5.74) is 3.13. The van der Waals surface area contributed by atoms with Crippen molar-refractivity contribution in [1.82, 2.24) is 15.1 Å². The summed E-state index contributed by atoms with van der Waals surface area (Å²) in [6.07, 6.45) is 4.69. The first-order valence-electron chi connectivity index (χ1n) is 12.0. The minimum Gasteiger partial charge on any atom is -0.334 e. The maximum Gasteiger partial charge on any atom is 0.325 e. The van der Waals surface area contributed by atoms with Gasteiger partial charge in [0, 0.05) is 12.6 Å². The average molecular weight is 446 g/mol. The van der Waals surface area contributed by atoms with Crippen LogP contribution in [0.15, 0.2) is 48.5 Å². The number of hydrogen-bond donors (Lipinski definition) is 1. The molecule has 2 aliphatic carbocycles. The van der Waals surface area contributed by atoms with E-state index in [2.05, 4.69) is 12.2 Å². The second-order valence-electron chi connectivity index (χ2n) is 9.76. The average Bonchev–Trinajstić information content (AvgIpc) is 3.25. The Balaban J connectivity index is 1.38. The maximum atomic E-state index is 13.6. The van der Waals surface area contributed by atoms with E-state index in [0.717, 1.165) is 46.4 Å². The molecular weight excluding hydrogens is 414 g/mol. The molecule has 1 aliphatic heterocycles. The molecule has 0 bridgehead atoms. The fourth-order valence-electron chi connectivity index (χ4n) is 5.57. The van der Waals surface area contributed by atoms with Crippen molar-refractivity contribution in [3.8, 4) is 0 Å². The van der Waals surface area contributed by atoms with Crippen molar-refractivity contribution < 1.29 is 14.4 Å². The highest BCUT2D eigenvalue weighted by Gasteiger charge is 2.55. The lowest BCUT2D eigenvalue weighted by atomic mass is 9.79. The third-order valence-corrected chi connectivity index (χ3v) is 7.96. The van der Waals surface area contributed by atoms with Crippen molar-refractivity contribution in [3.05, 3.63) is 70.8 Å². The van der Waals surface area contributed by atoms with Gasteiger partial charge in [-0.2, -0.15) is 0 Å². The van der Waals surface area contributed by atoms with E-state index >= 15 is 0 Å². The third-order valence-electron chi connectivity index (χ3n) is 7.96. The van der Waals surface area contributed by atoms with Crippen LogP contribution >= 0.6 is 0 Å². The van der Waals surface area contributed by atoms with E-state index in [1.54, 1.807) is 0 Å². The number of fused-ring (bicyclic) bond motifs is 2. The lowest BCUT2D eigenvalue weighted by Crippen LogP contribution is -2.49. The van der Waals surface area contributed by atoms with Crippen LogP contribution in [0.2, 0.25) is 0 Å². The molecule has 2 aromatic carbocycles. The zero-order chi connectivity index (χ0) is 23.2. The lowest BCUT2D eigenvalue weighted by molar-refractivity contribution is -0.142. The summed E-state index contributed by atoms with van der Waals surface area (Å²) in [6.45, 7) is 4.41. The number of benzene rings is 2. The molecule has 2 fully saturated rings. The van der Waals surface area contributed by atoms with Crippen LogP contribution in [0.4, 0.5) is 4.79 Å². The zero-order valence-electron chi connectivity index (χ0n) is 19.3. The van der Waals surface area contributed by atoms with Crippen LogP contribution in [0.5, 0.6) is 0 Å². The molecule has 0 radical (unpaired) electrons. The van der Waals surface area contributed by atoms with Gasteiger partial charge in [0.15, 0.2) is 0 Å². The van der Waals surface area contributed by atoms with Crippen molar-refractivity contribution in [2.45, 2.75) is 64.1 Å². The SMILES string of the molecule is Cc1ccccc1CN(C(=O)CN1C(=O)N[C@]2(CCc3ccccc32)C1=O)[C@@H](C)C1CCC1. The number of aryl methyl sites for hydroxylation is 2. The molecule has 0 unspecified atom stereocenters. The Bertz CT molecular complexity index is 1110. The van der Waals surface area contributed by atoms with Gasteiger partial charge in [-0.05, 0) is 67.7 Å². The van der Waals surface area contributed by atoms with Gasteiger partial charge in [-0.25, -0.2) is 4.79 Å². The van der Waals surface area contributed by atoms with Gasteiger partial charge in [0.25, 0.3) is 5.91 Å². The zero-order valence-corrected chi connectivity index (χ0v) is 19.3. The molecule has 4 amide bonds. The summed E-state index contributed by atoms with van der Waals surface area (Å²) in [5.74, 6) is -0.0171. The van der Waals surface area contributed by atoms with Crippen LogP contribution in [0.25, 0.3) is 0 Å². The number of carbonyl (C=O) groups excluding carboxylic acids is 3. The van der Waals surface area contributed by atoms with E-state index in [-0.39, 0.29) is 24.4 Å². The fourth-order valence-corrected chi connectivity index (χ4v) is 5.57. The van der Waals surface area contributed by atoms with E-state index in [9.17, 15) is 14.4 Å². The van der Waals surface area contributed by atoms with Crippen LogP contribution in [0, 0.1) is 12.8 Å². The summed E-state index contributed by atoms with van der Waals surface area (Å²) >= 11 is 0. The molecule has 6 heteroatoms. The second kappa shape index (κ2) is 8.32. The Morgan fingerprint density at radius 1 is 1.15 bits per heavy atom. The molecule has 1 N–H and O–H groups in total. The third kappa shape index (κ3) is 3.62. The van der Waals surface area contributed by atoms with E-state index in [1.165, 1.54) is 6.42 Å². The number of amides is 4. The molecule has 5 rings (SSSR count). The summed E-state index contributed by atoms with van der Waals surface area (Å²) in [6, 6.07) is 15.4. The normalized spacial score (nSPS) is 22.8. The summed E-state index contributed by atoms with van der Waals surface area (Å²) in [7, 11) is 0. The molecular formula is C27H31N3O3.